The van der Waals surface area contributed by atoms with E-state index in [1.54, 1.807) is 35.1 Å². The molecule has 0 bridgehead atoms. The number of nitrogens with zero attached hydrogens (tertiary/aromatic N) is 3. The number of phenolic OH excluding ortho intramolecular Hbond substituents is 1. The molecule has 8 heteroatoms. The highest BCUT2D eigenvalue weighted by Gasteiger charge is 2.55. The van der Waals surface area contributed by atoms with E-state index >= 15 is 0 Å². The van der Waals surface area contributed by atoms with Crippen LogP contribution in [-0.2, 0) is 16.0 Å². The van der Waals surface area contributed by atoms with E-state index in [0.29, 0.717) is 13.0 Å². The zero-order valence-electron chi connectivity index (χ0n) is 22.2. The molecule has 0 aliphatic carbocycles. The minimum absolute atomic E-state index is 0.0104. The van der Waals surface area contributed by atoms with Gasteiger partial charge in [-0.15, -0.1) is 0 Å². The Balaban J connectivity index is 1.38. The van der Waals surface area contributed by atoms with Crippen LogP contribution in [0.15, 0.2) is 42.5 Å². The second kappa shape index (κ2) is 9.66. The number of piperazine rings is 1. The van der Waals surface area contributed by atoms with Crippen LogP contribution in [0.4, 0.5) is 0 Å². The lowest BCUT2D eigenvalue weighted by molar-refractivity contribution is -0.167. The van der Waals surface area contributed by atoms with Gasteiger partial charge in [0, 0.05) is 29.6 Å². The number of hydrogen-bond acceptors (Lipinski definition) is 5. The van der Waals surface area contributed by atoms with Crippen LogP contribution in [0.5, 0.6) is 11.5 Å². The third-order valence-corrected chi connectivity index (χ3v) is 8.61. The van der Waals surface area contributed by atoms with Gasteiger partial charge in [0.05, 0.1) is 19.7 Å². The third kappa shape index (κ3) is 4.11. The number of aromatic amines is 1. The lowest BCUT2D eigenvalue weighted by atomic mass is 9.78. The molecule has 3 aliphatic heterocycles. The number of carbonyl (C=O) groups is 2. The maximum atomic E-state index is 14.2. The first-order valence-corrected chi connectivity index (χ1v) is 13.7. The molecule has 2 fully saturated rings. The molecule has 200 valence electrons. The fraction of sp³-hybridized carbons (Fsp3) is 0.467. The largest absolute Gasteiger partial charge is 0.508 e. The number of piperidine rings is 1. The van der Waals surface area contributed by atoms with E-state index in [9.17, 15) is 14.7 Å². The molecule has 1 aromatic heterocycles. The number of likely N-dealkylation sites (tertiary alicyclic amines) is 1. The van der Waals surface area contributed by atoms with Crippen molar-refractivity contribution in [3.05, 3.63) is 59.3 Å². The van der Waals surface area contributed by atoms with E-state index in [-0.39, 0.29) is 24.1 Å². The lowest BCUT2D eigenvalue weighted by Gasteiger charge is -2.53. The second-order valence-electron chi connectivity index (χ2n) is 11.1. The van der Waals surface area contributed by atoms with E-state index in [0.717, 1.165) is 59.5 Å². The molecule has 8 nitrogen and oxygen atoms in total. The van der Waals surface area contributed by atoms with Crippen molar-refractivity contribution in [1.82, 2.24) is 19.7 Å². The van der Waals surface area contributed by atoms with Crippen molar-refractivity contribution in [3.8, 4) is 11.5 Å². The van der Waals surface area contributed by atoms with Crippen LogP contribution in [0.1, 0.15) is 55.5 Å². The molecule has 2 amide bonds. The highest BCUT2D eigenvalue weighted by atomic mass is 16.5. The van der Waals surface area contributed by atoms with E-state index < -0.39 is 11.6 Å². The standard InChI is InChI=1S/C30H36N4O4/c1-30-18-24-23-17-22(38-2)10-11-25(23)31-27(24)28(20-8-6-9-21(35)16-20)34(30)26(36)19-33(29(30)37)15-7-14-32-12-4-3-5-13-32/h6,8-11,16-17,28,31,35H,3-5,7,12-15,18-19H2,1-2H3. The second-order valence-corrected chi connectivity index (χ2v) is 11.1. The van der Waals surface area contributed by atoms with Gasteiger partial charge < -0.3 is 29.5 Å². The summed E-state index contributed by atoms with van der Waals surface area (Å²) in [5.41, 5.74) is 2.57. The van der Waals surface area contributed by atoms with Crippen molar-refractivity contribution < 1.29 is 19.4 Å². The summed E-state index contributed by atoms with van der Waals surface area (Å²) in [7, 11) is 1.64. The molecule has 38 heavy (non-hydrogen) atoms. The summed E-state index contributed by atoms with van der Waals surface area (Å²) >= 11 is 0. The van der Waals surface area contributed by atoms with Crippen LogP contribution in [0.25, 0.3) is 10.9 Å². The first-order valence-electron chi connectivity index (χ1n) is 13.7. The van der Waals surface area contributed by atoms with Gasteiger partial charge in [0.2, 0.25) is 11.8 Å². The summed E-state index contributed by atoms with van der Waals surface area (Å²) in [5, 5.41) is 11.3. The maximum absolute atomic E-state index is 14.2. The number of phenols is 1. The van der Waals surface area contributed by atoms with Crippen molar-refractivity contribution in [3.63, 3.8) is 0 Å². The number of methoxy groups -OCH3 is 1. The predicted molar refractivity (Wildman–Crippen MR) is 145 cm³/mol. The Morgan fingerprint density at radius 2 is 1.89 bits per heavy atom. The summed E-state index contributed by atoms with van der Waals surface area (Å²) in [4.78, 5) is 37.6. The van der Waals surface area contributed by atoms with Crippen molar-refractivity contribution in [2.45, 2.75) is 50.6 Å². The summed E-state index contributed by atoms with van der Waals surface area (Å²) in [6.07, 6.45) is 5.05. The molecule has 3 aliphatic rings. The zero-order valence-corrected chi connectivity index (χ0v) is 22.2. The van der Waals surface area contributed by atoms with E-state index in [1.165, 1.54) is 19.3 Å². The lowest BCUT2D eigenvalue weighted by Crippen LogP contribution is -2.69. The number of aromatic hydroxyl groups is 1. The van der Waals surface area contributed by atoms with Gasteiger partial charge in [0.15, 0.2) is 0 Å². The molecule has 6 rings (SSSR count). The fourth-order valence-electron chi connectivity index (χ4n) is 6.75. The molecule has 2 saturated heterocycles. The van der Waals surface area contributed by atoms with Crippen LogP contribution >= 0.6 is 0 Å². The molecular weight excluding hydrogens is 480 g/mol. The van der Waals surface area contributed by atoms with Crippen LogP contribution in [-0.4, -0.2) is 82.0 Å². The van der Waals surface area contributed by atoms with Crippen molar-refractivity contribution in [1.29, 1.82) is 0 Å². The molecule has 2 atom stereocenters. The monoisotopic (exact) mass is 516 g/mol. The van der Waals surface area contributed by atoms with E-state index in [1.807, 2.05) is 31.2 Å². The van der Waals surface area contributed by atoms with Gasteiger partial charge in [-0.05, 0) is 87.3 Å². The number of hydrogen-bond donors (Lipinski definition) is 2. The number of H-pyrrole nitrogens is 1. The number of amides is 2. The molecule has 0 saturated carbocycles. The van der Waals surface area contributed by atoms with Gasteiger partial charge in [-0.25, -0.2) is 0 Å². The highest BCUT2D eigenvalue weighted by Crippen LogP contribution is 2.47. The van der Waals surface area contributed by atoms with Gasteiger partial charge in [-0.2, -0.15) is 0 Å². The first kappa shape index (κ1) is 24.8. The fourth-order valence-corrected chi connectivity index (χ4v) is 6.75. The maximum Gasteiger partial charge on any atom is 0.249 e. The first-order chi connectivity index (χ1) is 18.4. The number of fused-ring (bicyclic) bond motifs is 4. The van der Waals surface area contributed by atoms with E-state index in [2.05, 4.69) is 9.88 Å². The van der Waals surface area contributed by atoms with Crippen LogP contribution in [0.2, 0.25) is 0 Å². The molecule has 2 N–H and O–H groups in total. The topological polar surface area (TPSA) is 89.1 Å². The molecule has 0 spiro atoms. The zero-order chi connectivity index (χ0) is 26.4. The number of rotatable bonds is 6. The summed E-state index contributed by atoms with van der Waals surface area (Å²) < 4.78 is 5.50. The minimum atomic E-state index is -1.04. The highest BCUT2D eigenvalue weighted by molar-refractivity contribution is 6.00. The quantitative estimate of drug-likeness (QED) is 0.520. The van der Waals surface area contributed by atoms with Gasteiger partial charge in [0.1, 0.15) is 17.0 Å². The Kier molecular flexibility index (Phi) is 6.30. The Labute approximate surface area is 223 Å². The minimum Gasteiger partial charge on any atom is -0.508 e. The van der Waals surface area contributed by atoms with Crippen LogP contribution < -0.4 is 4.74 Å². The Morgan fingerprint density at radius 3 is 2.66 bits per heavy atom. The Bertz CT molecular complexity index is 1380. The van der Waals surface area contributed by atoms with Gasteiger partial charge in [-0.1, -0.05) is 18.6 Å². The smallest absolute Gasteiger partial charge is 0.249 e. The molecule has 0 radical (unpaired) electrons. The van der Waals surface area contributed by atoms with Crippen molar-refractivity contribution in [2.24, 2.45) is 0 Å². The molecular formula is C30H36N4O4. The number of carbonyl (C=O) groups excluding carboxylic acids is 2. The van der Waals surface area contributed by atoms with Crippen molar-refractivity contribution >= 4 is 22.7 Å². The molecule has 2 unspecified atom stereocenters. The number of benzene rings is 2. The van der Waals surface area contributed by atoms with Crippen LogP contribution in [0, 0.1) is 0 Å². The van der Waals surface area contributed by atoms with Crippen molar-refractivity contribution in [2.75, 3.05) is 39.8 Å². The average molecular weight is 517 g/mol. The summed E-state index contributed by atoms with van der Waals surface area (Å²) in [5.74, 6) is 0.791. The molecule has 3 aromatic rings. The third-order valence-electron chi connectivity index (χ3n) is 8.61. The van der Waals surface area contributed by atoms with Gasteiger partial charge in [-0.3, -0.25) is 9.59 Å². The van der Waals surface area contributed by atoms with Crippen LogP contribution in [0.3, 0.4) is 0 Å². The van der Waals surface area contributed by atoms with Gasteiger partial charge >= 0.3 is 0 Å². The van der Waals surface area contributed by atoms with E-state index in [4.69, 9.17) is 4.74 Å². The number of nitrogens with one attached hydrogen (secondary N) is 1. The molecule has 2 aromatic carbocycles. The normalized spacial score (nSPS) is 24.0. The summed E-state index contributed by atoms with van der Waals surface area (Å²) in [6, 6.07) is 12.4. The number of ether oxygens (including phenoxy) is 1. The predicted octanol–water partition coefficient (Wildman–Crippen LogP) is 3.83. The Morgan fingerprint density at radius 1 is 1.08 bits per heavy atom. The average Bonchev–Trinajstić information content (AvgIpc) is 3.28. The SMILES string of the molecule is COc1ccc2[nH]c3c(c2c1)CC1(C)C(=O)N(CCCN2CCCCC2)CC(=O)N1C3c1cccc(O)c1. The van der Waals surface area contributed by atoms with Gasteiger partial charge in [0.25, 0.3) is 0 Å². The summed E-state index contributed by atoms with van der Waals surface area (Å²) in [6.45, 7) is 5.76. The Hall–Kier alpha value is -3.52. The number of aromatic nitrogens is 1. The molecule has 4 heterocycles.